The predicted octanol–water partition coefficient (Wildman–Crippen LogP) is 12.2. The first-order chi connectivity index (χ1) is 29.3. The molecule has 2 heteroatoms. The van der Waals surface area contributed by atoms with Gasteiger partial charge in [-0.3, -0.25) is 0 Å². The van der Waals surface area contributed by atoms with Crippen LogP contribution >= 0.6 is 0 Å². The Morgan fingerprint density at radius 1 is 0.523 bits per heavy atom. The van der Waals surface area contributed by atoms with Crippen LogP contribution in [-0.4, -0.2) is 0 Å². The number of rotatable bonds is 4. The van der Waals surface area contributed by atoms with Gasteiger partial charge in [0.1, 0.15) is 11.2 Å². The van der Waals surface area contributed by atoms with Crippen LogP contribution in [0.3, 0.4) is 0 Å². The Labute approximate surface area is 280 Å². The SMILES string of the molecule is [2H]c1c([2H])c([2H])c(-c2cc3c(oc4cccc(N(c5cc6c([2H])c([2H])c([2H])c([2H])c6c([2H])c5[2H])c5c([2H])c([2H])c6c([2H])c([2H])c([2H])c([2H])c6c5[2H])c43)c3ccccc23)c([2H])c1[2H]. The maximum absolute atomic E-state index is 9.59. The van der Waals surface area contributed by atoms with Gasteiger partial charge in [0.25, 0.3) is 0 Å². The van der Waals surface area contributed by atoms with E-state index >= 15 is 0 Å². The molecule has 0 aliphatic carbocycles. The summed E-state index contributed by atoms with van der Waals surface area (Å²) in [5, 5.41) is 0.134. The van der Waals surface area contributed by atoms with Gasteiger partial charge in [0, 0.05) is 22.1 Å². The summed E-state index contributed by atoms with van der Waals surface area (Å²) in [6.07, 6.45) is 0. The van der Waals surface area contributed by atoms with E-state index in [1.165, 1.54) is 17.0 Å². The number of fused-ring (bicyclic) bond motifs is 7. The summed E-state index contributed by atoms with van der Waals surface area (Å²) < 4.78 is 164. The smallest absolute Gasteiger partial charge is 0.143 e. The number of anilines is 3. The van der Waals surface area contributed by atoms with Crippen molar-refractivity contribution in [2.75, 3.05) is 4.90 Å². The van der Waals surface area contributed by atoms with Crippen LogP contribution in [0, 0.1) is 0 Å². The van der Waals surface area contributed by atoms with Gasteiger partial charge >= 0.3 is 0 Å². The molecule has 2 nitrogen and oxygen atoms in total. The molecule has 0 saturated heterocycles. The normalized spacial score (nSPS) is 17.4. The molecular weight excluding hydrogens is 534 g/mol. The van der Waals surface area contributed by atoms with E-state index in [1.54, 1.807) is 42.5 Å². The van der Waals surface area contributed by atoms with Crippen molar-refractivity contribution in [1.29, 1.82) is 0 Å². The molecule has 206 valence electrons. The van der Waals surface area contributed by atoms with Crippen LogP contribution in [0.2, 0.25) is 0 Å². The van der Waals surface area contributed by atoms with Gasteiger partial charge in [0.2, 0.25) is 0 Å². The van der Waals surface area contributed by atoms with E-state index in [-0.39, 0.29) is 55.2 Å². The van der Waals surface area contributed by atoms with Gasteiger partial charge in [-0.1, -0.05) is 121 Å². The number of furan rings is 1. The van der Waals surface area contributed by atoms with Crippen LogP contribution in [0.25, 0.3) is 65.4 Å². The maximum atomic E-state index is 9.59. The lowest BCUT2D eigenvalue weighted by Crippen LogP contribution is -2.10. The van der Waals surface area contributed by atoms with Crippen LogP contribution < -0.4 is 4.90 Å². The van der Waals surface area contributed by atoms with Crippen molar-refractivity contribution in [3.8, 4) is 11.1 Å². The molecule has 9 rings (SSSR count). The molecule has 0 fully saturated rings. The lowest BCUT2D eigenvalue weighted by atomic mass is 9.95. The highest BCUT2D eigenvalue weighted by atomic mass is 16.3. The van der Waals surface area contributed by atoms with Crippen LogP contribution in [0.5, 0.6) is 0 Å². The lowest BCUT2D eigenvalue weighted by molar-refractivity contribution is 0.672. The van der Waals surface area contributed by atoms with Gasteiger partial charge in [-0.15, -0.1) is 0 Å². The average molecular weight is 580 g/mol. The molecule has 0 aliphatic rings. The third kappa shape index (κ3) is 3.89. The predicted molar refractivity (Wildman–Crippen MR) is 186 cm³/mol. The van der Waals surface area contributed by atoms with Crippen LogP contribution in [0.1, 0.15) is 24.7 Å². The standard InChI is InChI=1S/C42H27NO/c1-2-13-30(14-3-1)37-27-38-41-39(19-10-20-40(41)44-42(38)36-18-9-8-17-35(36)37)43(33-23-21-28-11-4-6-15-31(28)25-33)34-24-22-29-12-5-7-16-32(29)26-34/h1-27H/i1D,2D,3D,4D,5D,6D,7D,11D,12D,13D,14D,15D,16D,21D,22D,23D,24D,25D. The quantitative estimate of drug-likeness (QED) is 0.206. The van der Waals surface area contributed by atoms with Crippen molar-refractivity contribution in [3.63, 3.8) is 0 Å². The van der Waals surface area contributed by atoms with Gasteiger partial charge in [-0.25, -0.2) is 0 Å². The first kappa shape index (κ1) is 12.8. The maximum Gasteiger partial charge on any atom is 0.143 e. The Hall–Kier alpha value is -5.86. The van der Waals surface area contributed by atoms with Crippen molar-refractivity contribution in [2.45, 2.75) is 0 Å². The molecule has 0 spiro atoms. The van der Waals surface area contributed by atoms with E-state index in [1.807, 2.05) is 0 Å². The third-order valence-electron chi connectivity index (χ3n) is 7.51. The summed E-state index contributed by atoms with van der Waals surface area (Å²) in [5.74, 6) is 0. The topological polar surface area (TPSA) is 16.4 Å². The zero-order valence-corrected chi connectivity index (χ0v) is 22.6. The number of hydrogen-bond acceptors (Lipinski definition) is 2. The minimum atomic E-state index is -0.719. The number of nitrogens with zero attached hydrogens (tertiary/aromatic N) is 1. The number of hydrogen-bond donors (Lipinski definition) is 0. The largest absolute Gasteiger partial charge is 0.455 e. The monoisotopic (exact) mass is 579 g/mol. The Kier molecular flexibility index (Phi) is 2.87. The van der Waals surface area contributed by atoms with E-state index in [2.05, 4.69) is 0 Å². The minimum absolute atomic E-state index is 0.0261. The molecular formula is C42H27NO. The van der Waals surface area contributed by atoms with Crippen LogP contribution in [0.15, 0.2) is 168 Å². The van der Waals surface area contributed by atoms with E-state index < -0.39 is 125 Å². The second-order valence-corrected chi connectivity index (χ2v) is 9.98. The summed E-state index contributed by atoms with van der Waals surface area (Å²) in [4.78, 5) is 1.17. The van der Waals surface area contributed by atoms with Crippen molar-refractivity contribution in [3.05, 3.63) is 163 Å². The first-order valence-corrected chi connectivity index (χ1v) is 13.6. The van der Waals surface area contributed by atoms with Gasteiger partial charge < -0.3 is 9.32 Å². The second-order valence-electron chi connectivity index (χ2n) is 9.98. The zero-order valence-electron chi connectivity index (χ0n) is 40.6. The highest BCUT2D eigenvalue weighted by molar-refractivity contribution is 6.22. The van der Waals surface area contributed by atoms with Gasteiger partial charge in [0.15, 0.2) is 0 Å². The van der Waals surface area contributed by atoms with Gasteiger partial charge in [0.05, 0.1) is 35.7 Å². The van der Waals surface area contributed by atoms with Crippen LogP contribution in [-0.2, 0) is 0 Å². The molecule has 9 aromatic rings. The fraction of sp³-hybridized carbons (Fsp3) is 0. The molecule has 44 heavy (non-hydrogen) atoms. The summed E-state index contributed by atoms with van der Waals surface area (Å²) in [7, 11) is 0. The van der Waals surface area contributed by atoms with E-state index in [0.29, 0.717) is 10.8 Å². The molecule has 0 N–H and O–H groups in total. The average Bonchev–Trinajstić information content (AvgIpc) is 3.65. The molecule has 0 unspecified atom stereocenters. The van der Waals surface area contributed by atoms with Crippen molar-refractivity contribution < 1.29 is 29.1 Å². The molecule has 0 aliphatic heterocycles. The highest BCUT2D eigenvalue weighted by Crippen LogP contribution is 2.46. The third-order valence-corrected chi connectivity index (χ3v) is 7.51. The summed E-state index contributed by atoms with van der Waals surface area (Å²) in [6.45, 7) is 0. The first-order valence-electron chi connectivity index (χ1n) is 22.6. The van der Waals surface area contributed by atoms with Gasteiger partial charge in [-0.2, -0.15) is 0 Å². The molecule has 0 amide bonds. The summed E-state index contributed by atoms with van der Waals surface area (Å²) in [6, 6.07) is 3.14. The molecule has 0 radical (unpaired) electrons. The van der Waals surface area contributed by atoms with E-state index in [9.17, 15) is 4.11 Å². The highest BCUT2D eigenvalue weighted by Gasteiger charge is 2.22. The van der Waals surface area contributed by atoms with Crippen molar-refractivity contribution >= 4 is 71.3 Å². The molecule has 0 saturated carbocycles. The summed E-state index contributed by atoms with van der Waals surface area (Å²) in [5.41, 5.74) is -0.195. The lowest BCUT2D eigenvalue weighted by Gasteiger charge is -2.27. The van der Waals surface area contributed by atoms with Crippen molar-refractivity contribution in [1.82, 2.24) is 0 Å². The second kappa shape index (κ2) is 9.86. The molecule has 0 atom stereocenters. The van der Waals surface area contributed by atoms with E-state index in [0.717, 1.165) is 0 Å². The fourth-order valence-corrected chi connectivity index (χ4v) is 5.61. The molecule has 8 aromatic carbocycles. The Morgan fingerprint density at radius 2 is 1.20 bits per heavy atom. The number of benzene rings is 8. The molecule has 1 heterocycles. The summed E-state index contributed by atoms with van der Waals surface area (Å²) >= 11 is 0. The fourth-order valence-electron chi connectivity index (χ4n) is 5.61. The van der Waals surface area contributed by atoms with Crippen LogP contribution in [0.4, 0.5) is 17.1 Å². The Balaban J connectivity index is 1.51. The Morgan fingerprint density at radius 3 is 2.02 bits per heavy atom. The molecule has 0 bridgehead atoms. The molecule has 1 aromatic heterocycles. The van der Waals surface area contributed by atoms with Crippen molar-refractivity contribution in [2.24, 2.45) is 0 Å². The van der Waals surface area contributed by atoms with E-state index in [4.69, 9.17) is 25.0 Å². The zero-order chi connectivity index (χ0) is 44.7. The van der Waals surface area contributed by atoms with Gasteiger partial charge in [-0.05, 0) is 80.5 Å². The Bertz CT molecular complexity index is 3500. The minimum Gasteiger partial charge on any atom is -0.455 e.